The molecule has 0 bridgehead atoms. The lowest BCUT2D eigenvalue weighted by Gasteiger charge is -2.30. The Labute approximate surface area is 132 Å². The quantitative estimate of drug-likeness (QED) is 0.732. The van der Waals surface area contributed by atoms with Gasteiger partial charge in [0, 0.05) is 6.08 Å². The molecule has 1 aliphatic heterocycles. The highest BCUT2D eigenvalue weighted by atomic mass is 16.5. The lowest BCUT2D eigenvalue weighted by molar-refractivity contribution is -0.131. The summed E-state index contributed by atoms with van der Waals surface area (Å²) in [6.07, 6.45) is 2.31. The molecule has 1 aromatic rings. The van der Waals surface area contributed by atoms with Crippen molar-refractivity contribution in [2.24, 2.45) is 5.73 Å². The molecule has 0 spiro atoms. The van der Waals surface area contributed by atoms with E-state index in [1.807, 2.05) is 0 Å². The van der Waals surface area contributed by atoms with Gasteiger partial charge in [-0.05, 0) is 30.7 Å². The summed E-state index contributed by atoms with van der Waals surface area (Å²) in [5.74, 6) is -1.52. The van der Waals surface area contributed by atoms with Crippen molar-refractivity contribution in [1.82, 2.24) is 0 Å². The molecule has 0 saturated heterocycles. The second-order valence-electron chi connectivity index (χ2n) is 4.71. The fraction of sp³-hybridized carbons (Fsp3) is 0.267. The first-order chi connectivity index (χ1) is 10.9. The van der Waals surface area contributed by atoms with Crippen molar-refractivity contribution in [3.8, 4) is 11.5 Å². The van der Waals surface area contributed by atoms with Crippen molar-refractivity contribution >= 4 is 29.5 Å². The van der Waals surface area contributed by atoms with Gasteiger partial charge >= 0.3 is 5.97 Å². The summed E-state index contributed by atoms with van der Waals surface area (Å²) in [5, 5.41) is 8.73. The number of carbonyl (C=O) groups is 3. The number of aliphatic carboxylic acids is 1. The van der Waals surface area contributed by atoms with Crippen LogP contribution in [0, 0.1) is 0 Å². The van der Waals surface area contributed by atoms with Gasteiger partial charge in [-0.1, -0.05) is 0 Å². The zero-order valence-corrected chi connectivity index (χ0v) is 12.4. The summed E-state index contributed by atoms with van der Waals surface area (Å²) in [6, 6.07) is 3.14. The Hall–Kier alpha value is -3.03. The van der Waals surface area contributed by atoms with E-state index in [-0.39, 0.29) is 13.2 Å². The van der Waals surface area contributed by atoms with Crippen LogP contribution in [0.3, 0.4) is 0 Å². The van der Waals surface area contributed by atoms with E-state index in [0.29, 0.717) is 29.4 Å². The van der Waals surface area contributed by atoms with Crippen LogP contribution in [0.2, 0.25) is 0 Å². The standard InChI is InChI=1S/C15H16N2O6/c1-2-22-11-6-9(3-4-14(20)21)5-10-15(11)23-8-13(19)17(10)7-12(16)18/h3-6H,2,7-8H2,1H3,(H2,16,18)(H,20,21)/b4-3+. The largest absolute Gasteiger partial charge is 0.490 e. The molecule has 0 aliphatic carbocycles. The van der Waals surface area contributed by atoms with Crippen LogP contribution in [-0.4, -0.2) is 42.6 Å². The van der Waals surface area contributed by atoms with E-state index in [1.54, 1.807) is 13.0 Å². The first-order valence-corrected chi connectivity index (χ1v) is 6.85. The molecule has 0 atom stereocenters. The number of nitrogens with zero attached hydrogens (tertiary/aromatic N) is 1. The highest BCUT2D eigenvalue weighted by molar-refractivity contribution is 6.03. The molecule has 3 N–H and O–H groups in total. The monoisotopic (exact) mass is 320 g/mol. The van der Waals surface area contributed by atoms with Crippen LogP contribution < -0.4 is 20.1 Å². The van der Waals surface area contributed by atoms with E-state index < -0.39 is 17.8 Å². The van der Waals surface area contributed by atoms with Crippen molar-refractivity contribution in [3.63, 3.8) is 0 Å². The SMILES string of the molecule is CCOc1cc(/C=C/C(=O)O)cc2c1OCC(=O)N2CC(N)=O. The summed E-state index contributed by atoms with van der Waals surface area (Å²) in [7, 11) is 0. The van der Waals surface area contributed by atoms with Gasteiger partial charge in [0.05, 0.1) is 12.3 Å². The highest BCUT2D eigenvalue weighted by Gasteiger charge is 2.29. The minimum atomic E-state index is -1.11. The number of hydrogen-bond donors (Lipinski definition) is 2. The minimum absolute atomic E-state index is 0.231. The Morgan fingerprint density at radius 3 is 2.83 bits per heavy atom. The van der Waals surface area contributed by atoms with Crippen LogP contribution in [0.4, 0.5) is 5.69 Å². The second kappa shape index (κ2) is 6.82. The molecule has 8 heteroatoms. The maximum Gasteiger partial charge on any atom is 0.328 e. The average Bonchev–Trinajstić information content (AvgIpc) is 2.48. The second-order valence-corrected chi connectivity index (χ2v) is 4.71. The van der Waals surface area contributed by atoms with Gasteiger partial charge in [-0.3, -0.25) is 14.5 Å². The summed E-state index contributed by atoms with van der Waals surface area (Å²) in [5.41, 5.74) is 5.98. The summed E-state index contributed by atoms with van der Waals surface area (Å²) in [4.78, 5) is 35.0. The molecule has 0 radical (unpaired) electrons. The zero-order chi connectivity index (χ0) is 17.0. The van der Waals surface area contributed by atoms with Crippen molar-refractivity contribution in [3.05, 3.63) is 23.8 Å². The molecule has 0 fully saturated rings. The number of benzene rings is 1. The van der Waals surface area contributed by atoms with Crippen molar-refractivity contribution in [2.75, 3.05) is 24.7 Å². The average molecular weight is 320 g/mol. The molecule has 1 aliphatic rings. The topological polar surface area (TPSA) is 119 Å². The number of ether oxygens (including phenoxy) is 2. The molecule has 0 aromatic heterocycles. The Morgan fingerprint density at radius 1 is 1.48 bits per heavy atom. The zero-order valence-electron chi connectivity index (χ0n) is 12.4. The number of primary amides is 1. The lowest BCUT2D eigenvalue weighted by Crippen LogP contribution is -2.43. The van der Waals surface area contributed by atoms with Crippen LogP contribution in [0.15, 0.2) is 18.2 Å². The minimum Gasteiger partial charge on any atom is -0.490 e. The Morgan fingerprint density at radius 2 is 2.22 bits per heavy atom. The van der Waals surface area contributed by atoms with E-state index in [0.717, 1.165) is 6.08 Å². The summed E-state index contributed by atoms with van der Waals surface area (Å²) >= 11 is 0. The predicted molar refractivity (Wildman–Crippen MR) is 81.3 cm³/mol. The van der Waals surface area contributed by atoms with E-state index in [1.165, 1.54) is 17.0 Å². The number of carboxylic acids is 1. The summed E-state index contributed by atoms with van der Waals surface area (Å²) in [6.45, 7) is 1.60. The summed E-state index contributed by atoms with van der Waals surface area (Å²) < 4.78 is 10.9. The van der Waals surface area contributed by atoms with Gasteiger partial charge in [0.25, 0.3) is 5.91 Å². The number of carboxylic acid groups (broad SMARTS) is 1. The highest BCUT2D eigenvalue weighted by Crippen LogP contribution is 2.41. The number of carbonyl (C=O) groups excluding carboxylic acids is 2. The van der Waals surface area contributed by atoms with Crippen molar-refractivity contribution in [2.45, 2.75) is 6.92 Å². The lowest BCUT2D eigenvalue weighted by atomic mass is 10.1. The van der Waals surface area contributed by atoms with Gasteiger partial charge in [-0.15, -0.1) is 0 Å². The van der Waals surface area contributed by atoms with Gasteiger partial charge in [0.2, 0.25) is 5.91 Å². The van der Waals surface area contributed by atoms with E-state index in [2.05, 4.69) is 0 Å². The Bertz CT molecular complexity index is 683. The van der Waals surface area contributed by atoms with Gasteiger partial charge in [0.1, 0.15) is 6.54 Å². The maximum atomic E-state index is 12.0. The number of anilines is 1. The molecule has 122 valence electrons. The Kier molecular flexibility index (Phi) is 4.85. The normalized spacial score (nSPS) is 13.6. The van der Waals surface area contributed by atoms with Crippen molar-refractivity contribution < 1.29 is 29.0 Å². The smallest absolute Gasteiger partial charge is 0.328 e. The molecule has 2 rings (SSSR count). The van der Waals surface area contributed by atoms with E-state index >= 15 is 0 Å². The van der Waals surface area contributed by atoms with Crippen LogP contribution in [-0.2, 0) is 14.4 Å². The number of rotatable bonds is 6. The van der Waals surface area contributed by atoms with Crippen LogP contribution in [0.1, 0.15) is 12.5 Å². The Balaban J connectivity index is 2.53. The van der Waals surface area contributed by atoms with Gasteiger partial charge in [-0.25, -0.2) is 4.79 Å². The molecule has 0 saturated carbocycles. The van der Waals surface area contributed by atoms with Gasteiger partial charge < -0.3 is 20.3 Å². The molecule has 8 nitrogen and oxygen atoms in total. The fourth-order valence-corrected chi connectivity index (χ4v) is 2.16. The van der Waals surface area contributed by atoms with E-state index in [9.17, 15) is 14.4 Å². The first-order valence-electron chi connectivity index (χ1n) is 6.85. The first kappa shape index (κ1) is 16.3. The predicted octanol–water partition coefficient (Wildman–Crippen LogP) is 0.394. The van der Waals surface area contributed by atoms with Gasteiger partial charge in [-0.2, -0.15) is 0 Å². The van der Waals surface area contributed by atoms with Crippen LogP contribution in [0.5, 0.6) is 11.5 Å². The molecule has 1 aromatic carbocycles. The van der Waals surface area contributed by atoms with Crippen molar-refractivity contribution in [1.29, 1.82) is 0 Å². The maximum absolute atomic E-state index is 12.0. The third-order valence-electron chi connectivity index (χ3n) is 3.02. The molecule has 0 unspecified atom stereocenters. The number of nitrogens with two attached hydrogens (primary N) is 1. The molecular formula is C15H16N2O6. The fourth-order valence-electron chi connectivity index (χ4n) is 2.16. The molecule has 1 heterocycles. The van der Waals surface area contributed by atoms with E-state index in [4.69, 9.17) is 20.3 Å². The molecular weight excluding hydrogens is 304 g/mol. The third kappa shape index (κ3) is 3.79. The van der Waals surface area contributed by atoms with Crippen LogP contribution >= 0.6 is 0 Å². The number of hydrogen-bond acceptors (Lipinski definition) is 5. The van der Waals surface area contributed by atoms with Crippen LogP contribution in [0.25, 0.3) is 6.08 Å². The molecule has 2 amide bonds. The third-order valence-corrected chi connectivity index (χ3v) is 3.02. The van der Waals surface area contributed by atoms with Gasteiger partial charge in [0.15, 0.2) is 18.1 Å². The number of amides is 2. The molecule has 23 heavy (non-hydrogen) atoms. The number of fused-ring (bicyclic) bond motifs is 1.